The standard InChI is InChI=1S/C20H19N3O4/c1-27-15-7-6-14-11-22(9-8-13(14)10-15)18(24)12-23-19(25)16-4-2-3-5-17(16)21-20(23)26/h2-7,10H,8-9,11-12H2,1H3,(H,21,26). The number of nitrogens with zero attached hydrogens (tertiary/aromatic N) is 2. The van der Waals surface area contributed by atoms with Gasteiger partial charge >= 0.3 is 5.69 Å². The van der Waals surface area contributed by atoms with Crippen molar-refractivity contribution < 1.29 is 9.53 Å². The minimum absolute atomic E-state index is 0.251. The molecule has 0 saturated heterocycles. The maximum atomic E-state index is 12.7. The number of benzene rings is 2. The number of rotatable bonds is 3. The van der Waals surface area contributed by atoms with Gasteiger partial charge in [0.15, 0.2) is 0 Å². The maximum Gasteiger partial charge on any atom is 0.329 e. The predicted molar refractivity (Wildman–Crippen MR) is 101 cm³/mol. The molecule has 27 heavy (non-hydrogen) atoms. The molecular weight excluding hydrogens is 346 g/mol. The number of hydrogen-bond donors (Lipinski definition) is 1. The third-order valence-corrected chi connectivity index (χ3v) is 4.96. The van der Waals surface area contributed by atoms with Crippen LogP contribution < -0.4 is 16.0 Å². The molecule has 0 atom stereocenters. The van der Waals surface area contributed by atoms with Gasteiger partial charge in [0.1, 0.15) is 12.3 Å². The Kier molecular flexibility index (Phi) is 4.27. The van der Waals surface area contributed by atoms with E-state index in [2.05, 4.69) is 4.98 Å². The number of methoxy groups -OCH3 is 1. The summed E-state index contributed by atoms with van der Waals surface area (Å²) in [6.45, 7) is 0.724. The zero-order chi connectivity index (χ0) is 19.0. The highest BCUT2D eigenvalue weighted by Crippen LogP contribution is 2.23. The van der Waals surface area contributed by atoms with Gasteiger partial charge in [-0.2, -0.15) is 0 Å². The van der Waals surface area contributed by atoms with Crippen LogP contribution in [-0.4, -0.2) is 34.0 Å². The van der Waals surface area contributed by atoms with Crippen molar-refractivity contribution in [2.24, 2.45) is 0 Å². The van der Waals surface area contributed by atoms with Crippen molar-refractivity contribution >= 4 is 16.8 Å². The van der Waals surface area contributed by atoms with Crippen molar-refractivity contribution in [1.82, 2.24) is 14.5 Å². The van der Waals surface area contributed by atoms with Crippen molar-refractivity contribution in [3.05, 3.63) is 74.4 Å². The summed E-state index contributed by atoms with van der Waals surface area (Å²) in [6.07, 6.45) is 0.710. The fourth-order valence-corrected chi connectivity index (χ4v) is 3.45. The largest absolute Gasteiger partial charge is 0.497 e. The van der Waals surface area contributed by atoms with Crippen LogP contribution in [0.15, 0.2) is 52.1 Å². The summed E-state index contributed by atoms with van der Waals surface area (Å²) < 4.78 is 6.20. The Morgan fingerprint density at radius 2 is 1.96 bits per heavy atom. The molecule has 0 saturated carbocycles. The van der Waals surface area contributed by atoms with Gasteiger partial charge in [-0.15, -0.1) is 0 Å². The normalized spacial score (nSPS) is 13.4. The third-order valence-electron chi connectivity index (χ3n) is 4.96. The van der Waals surface area contributed by atoms with Crippen LogP contribution in [0.1, 0.15) is 11.1 Å². The first kappa shape index (κ1) is 17.1. The van der Waals surface area contributed by atoms with Crippen LogP contribution in [0.2, 0.25) is 0 Å². The number of aromatic nitrogens is 2. The Bertz CT molecular complexity index is 1150. The number of aromatic amines is 1. The highest BCUT2D eigenvalue weighted by Gasteiger charge is 2.22. The molecular formula is C20H19N3O4. The number of hydrogen-bond acceptors (Lipinski definition) is 4. The van der Waals surface area contributed by atoms with E-state index in [-0.39, 0.29) is 12.5 Å². The minimum Gasteiger partial charge on any atom is -0.497 e. The van der Waals surface area contributed by atoms with Gasteiger partial charge in [-0.3, -0.25) is 14.2 Å². The molecule has 1 aliphatic rings. The molecule has 2 aromatic carbocycles. The number of amides is 1. The second-order valence-electron chi connectivity index (χ2n) is 6.57. The molecule has 3 aromatic rings. The van der Waals surface area contributed by atoms with Gasteiger partial charge in [0.05, 0.1) is 18.0 Å². The molecule has 1 amide bonds. The molecule has 138 valence electrons. The molecule has 0 unspecified atom stereocenters. The molecule has 1 aromatic heterocycles. The van der Waals surface area contributed by atoms with E-state index in [4.69, 9.17) is 4.74 Å². The van der Waals surface area contributed by atoms with E-state index in [1.54, 1.807) is 36.3 Å². The van der Waals surface area contributed by atoms with Crippen LogP contribution in [0.4, 0.5) is 0 Å². The number of para-hydroxylation sites is 1. The smallest absolute Gasteiger partial charge is 0.329 e. The van der Waals surface area contributed by atoms with Gasteiger partial charge in [0.25, 0.3) is 5.56 Å². The van der Waals surface area contributed by atoms with Crippen LogP contribution >= 0.6 is 0 Å². The third kappa shape index (κ3) is 3.12. The summed E-state index contributed by atoms with van der Waals surface area (Å²) >= 11 is 0. The van der Waals surface area contributed by atoms with Crippen molar-refractivity contribution in [3.63, 3.8) is 0 Å². The number of H-pyrrole nitrogens is 1. The van der Waals surface area contributed by atoms with E-state index in [1.807, 2.05) is 18.2 Å². The molecule has 0 fully saturated rings. The van der Waals surface area contributed by atoms with E-state index >= 15 is 0 Å². The van der Waals surface area contributed by atoms with Gasteiger partial charge in [-0.05, 0) is 41.8 Å². The maximum absolute atomic E-state index is 12.7. The van der Waals surface area contributed by atoms with Crippen LogP contribution in [0, 0.1) is 0 Å². The molecule has 0 bridgehead atoms. The van der Waals surface area contributed by atoms with Crippen molar-refractivity contribution in [2.75, 3.05) is 13.7 Å². The number of nitrogens with one attached hydrogen (secondary N) is 1. The predicted octanol–water partition coefficient (Wildman–Crippen LogP) is 1.28. The molecule has 1 aliphatic heterocycles. The van der Waals surface area contributed by atoms with Crippen molar-refractivity contribution in [2.45, 2.75) is 19.5 Å². The molecule has 2 heterocycles. The summed E-state index contributed by atoms with van der Waals surface area (Å²) in [5.41, 5.74) is 1.64. The summed E-state index contributed by atoms with van der Waals surface area (Å²) in [6, 6.07) is 12.6. The lowest BCUT2D eigenvalue weighted by molar-refractivity contribution is -0.132. The quantitative estimate of drug-likeness (QED) is 0.758. The average Bonchev–Trinajstić information content (AvgIpc) is 2.70. The van der Waals surface area contributed by atoms with Crippen molar-refractivity contribution in [3.8, 4) is 5.75 Å². The Balaban J connectivity index is 1.59. The highest BCUT2D eigenvalue weighted by atomic mass is 16.5. The van der Waals surface area contributed by atoms with Crippen molar-refractivity contribution in [1.29, 1.82) is 0 Å². The lowest BCUT2D eigenvalue weighted by Crippen LogP contribution is -2.43. The van der Waals surface area contributed by atoms with E-state index < -0.39 is 11.2 Å². The number of carbonyl (C=O) groups is 1. The number of carbonyl (C=O) groups excluding carboxylic acids is 1. The monoisotopic (exact) mass is 365 g/mol. The molecule has 0 aliphatic carbocycles. The molecule has 0 radical (unpaired) electrons. The van der Waals surface area contributed by atoms with Crippen LogP contribution in [0.5, 0.6) is 5.75 Å². The van der Waals surface area contributed by atoms with Gasteiger partial charge in [-0.1, -0.05) is 18.2 Å². The second kappa shape index (κ2) is 6.75. The van der Waals surface area contributed by atoms with E-state index in [1.165, 1.54) is 0 Å². The summed E-state index contributed by atoms with van der Waals surface area (Å²) in [5.74, 6) is 0.544. The van der Waals surface area contributed by atoms with Crippen LogP contribution in [0.25, 0.3) is 10.9 Å². The average molecular weight is 365 g/mol. The van der Waals surface area contributed by atoms with Crippen LogP contribution in [0.3, 0.4) is 0 Å². The molecule has 7 heteroatoms. The second-order valence-corrected chi connectivity index (χ2v) is 6.57. The number of ether oxygens (including phenoxy) is 1. The summed E-state index contributed by atoms with van der Waals surface area (Å²) in [4.78, 5) is 41.9. The highest BCUT2D eigenvalue weighted by molar-refractivity contribution is 5.79. The first-order chi connectivity index (χ1) is 13.1. The van der Waals surface area contributed by atoms with E-state index in [9.17, 15) is 14.4 Å². The SMILES string of the molecule is COc1ccc2c(c1)CCN(C(=O)Cn1c(=O)[nH]c3ccccc3c1=O)C2. The van der Waals surface area contributed by atoms with E-state index in [0.29, 0.717) is 30.4 Å². The zero-order valence-corrected chi connectivity index (χ0v) is 14.9. The fourth-order valence-electron chi connectivity index (χ4n) is 3.45. The Hall–Kier alpha value is -3.35. The molecule has 7 nitrogen and oxygen atoms in total. The van der Waals surface area contributed by atoms with Gasteiger partial charge in [0, 0.05) is 13.1 Å². The zero-order valence-electron chi connectivity index (χ0n) is 14.9. The minimum atomic E-state index is -0.575. The lowest BCUT2D eigenvalue weighted by atomic mass is 9.99. The topological polar surface area (TPSA) is 84.4 Å². The van der Waals surface area contributed by atoms with E-state index in [0.717, 1.165) is 21.4 Å². The Morgan fingerprint density at radius 1 is 1.15 bits per heavy atom. The molecule has 4 rings (SSSR count). The fraction of sp³-hybridized carbons (Fsp3) is 0.250. The number of fused-ring (bicyclic) bond motifs is 2. The Morgan fingerprint density at radius 3 is 2.78 bits per heavy atom. The summed E-state index contributed by atoms with van der Waals surface area (Å²) in [7, 11) is 1.62. The summed E-state index contributed by atoms with van der Waals surface area (Å²) in [5, 5.41) is 0.390. The van der Waals surface area contributed by atoms with Gasteiger partial charge in [-0.25, -0.2) is 4.79 Å². The Labute approximate surface area is 154 Å². The first-order valence-corrected chi connectivity index (χ1v) is 8.72. The molecule has 0 spiro atoms. The van der Waals surface area contributed by atoms with Gasteiger partial charge in [0.2, 0.25) is 5.91 Å². The first-order valence-electron chi connectivity index (χ1n) is 8.72. The lowest BCUT2D eigenvalue weighted by Gasteiger charge is -2.29. The molecule has 1 N–H and O–H groups in total. The van der Waals surface area contributed by atoms with Crippen LogP contribution in [-0.2, 0) is 24.3 Å². The van der Waals surface area contributed by atoms with Gasteiger partial charge < -0.3 is 14.6 Å².